The summed E-state index contributed by atoms with van der Waals surface area (Å²) in [7, 11) is 0. The van der Waals surface area contributed by atoms with Gasteiger partial charge >= 0.3 is 0 Å². The van der Waals surface area contributed by atoms with Crippen LogP contribution in [0.5, 0.6) is 0 Å². The summed E-state index contributed by atoms with van der Waals surface area (Å²) in [6.07, 6.45) is 1.46. The van der Waals surface area contributed by atoms with Crippen LogP contribution >= 0.6 is 0 Å². The van der Waals surface area contributed by atoms with Gasteiger partial charge in [-0.05, 0) is 56.0 Å². The molecule has 2 rings (SSSR count). The zero-order chi connectivity index (χ0) is 17.9. The number of rotatable bonds is 4. The van der Waals surface area contributed by atoms with Gasteiger partial charge in [-0.15, -0.1) is 0 Å². The number of likely N-dealkylation sites (tertiary alicyclic amines) is 1. The third-order valence-electron chi connectivity index (χ3n) is 4.88. The van der Waals surface area contributed by atoms with E-state index < -0.39 is 0 Å². The van der Waals surface area contributed by atoms with E-state index in [0.29, 0.717) is 0 Å². The van der Waals surface area contributed by atoms with Gasteiger partial charge in [0.05, 0.1) is 6.04 Å². The van der Waals surface area contributed by atoms with Crippen LogP contribution in [0.25, 0.3) is 0 Å². The number of nitrogens with two attached hydrogens (primary N) is 1. The van der Waals surface area contributed by atoms with Gasteiger partial charge in [0.15, 0.2) is 0 Å². The molecule has 0 aromatic heterocycles. The molecule has 1 fully saturated rings. The molecule has 1 saturated heterocycles. The Morgan fingerprint density at radius 3 is 2.17 bits per heavy atom. The van der Waals surface area contributed by atoms with Crippen LogP contribution in [0.3, 0.4) is 0 Å². The van der Waals surface area contributed by atoms with E-state index in [0.717, 1.165) is 31.6 Å². The summed E-state index contributed by atoms with van der Waals surface area (Å²) < 4.78 is 0. The van der Waals surface area contributed by atoms with Crippen molar-refractivity contribution >= 4 is 17.5 Å². The van der Waals surface area contributed by atoms with E-state index in [1.807, 2.05) is 19.1 Å². The van der Waals surface area contributed by atoms with E-state index in [-0.39, 0.29) is 29.2 Å². The van der Waals surface area contributed by atoms with Gasteiger partial charge in [0.2, 0.25) is 11.8 Å². The fraction of sp³-hybridized carbons (Fsp3) is 0.579. The Labute approximate surface area is 144 Å². The molecule has 132 valence electrons. The number of nitrogens with zero attached hydrogens (tertiary/aromatic N) is 1. The van der Waals surface area contributed by atoms with Gasteiger partial charge in [-0.1, -0.05) is 32.9 Å². The van der Waals surface area contributed by atoms with Crippen molar-refractivity contribution < 1.29 is 9.59 Å². The first-order valence-electron chi connectivity index (χ1n) is 8.63. The van der Waals surface area contributed by atoms with Crippen LogP contribution in [0.2, 0.25) is 0 Å². The maximum absolute atomic E-state index is 12.5. The summed E-state index contributed by atoms with van der Waals surface area (Å²) in [6, 6.07) is 7.79. The number of nitrogens with one attached hydrogen (secondary N) is 1. The summed E-state index contributed by atoms with van der Waals surface area (Å²) in [5.74, 6) is -0.303. The number of piperidine rings is 1. The Balaban J connectivity index is 1.91. The van der Waals surface area contributed by atoms with Crippen molar-refractivity contribution in [3.8, 4) is 0 Å². The lowest BCUT2D eigenvalue weighted by Crippen LogP contribution is -2.47. The summed E-state index contributed by atoms with van der Waals surface area (Å²) in [6.45, 7) is 9.86. The lowest BCUT2D eigenvalue weighted by molar-refractivity contribution is -0.124. The molecular weight excluding hydrogens is 302 g/mol. The maximum Gasteiger partial charge on any atom is 0.241 e. The summed E-state index contributed by atoms with van der Waals surface area (Å²) in [5, 5.41) is 2.98. The molecule has 0 bridgehead atoms. The highest BCUT2D eigenvalue weighted by molar-refractivity contribution is 5.94. The first-order valence-corrected chi connectivity index (χ1v) is 8.63. The van der Waals surface area contributed by atoms with E-state index >= 15 is 0 Å². The largest absolute Gasteiger partial charge is 0.369 e. The number of carbonyl (C=O) groups excluding carboxylic acids is 2. The summed E-state index contributed by atoms with van der Waals surface area (Å²) in [4.78, 5) is 25.8. The van der Waals surface area contributed by atoms with Crippen LogP contribution in [0.1, 0.15) is 46.1 Å². The fourth-order valence-electron chi connectivity index (χ4n) is 3.04. The van der Waals surface area contributed by atoms with E-state index in [4.69, 9.17) is 5.73 Å². The molecule has 1 atom stereocenters. The Bertz CT molecular complexity index is 582. The van der Waals surface area contributed by atoms with Gasteiger partial charge in [-0.2, -0.15) is 0 Å². The molecule has 1 aliphatic heterocycles. The summed E-state index contributed by atoms with van der Waals surface area (Å²) >= 11 is 0. The Morgan fingerprint density at radius 1 is 1.17 bits per heavy atom. The van der Waals surface area contributed by atoms with Gasteiger partial charge in [-0.25, -0.2) is 0 Å². The SMILES string of the molecule is CC(C(=O)Nc1ccc(C(C)(C)C)cc1)N1CCC(C(N)=O)CC1. The first-order chi connectivity index (χ1) is 11.2. The maximum atomic E-state index is 12.5. The van der Waals surface area contributed by atoms with E-state index in [2.05, 4.69) is 43.1 Å². The van der Waals surface area contributed by atoms with Crippen LogP contribution < -0.4 is 11.1 Å². The predicted molar refractivity (Wildman–Crippen MR) is 96.7 cm³/mol. The Hall–Kier alpha value is -1.88. The monoisotopic (exact) mass is 331 g/mol. The highest BCUT2D eigenvalue weighted by Crippen LogP contribution is 2.24. The summed E-state index contributed by atoms with van der Waals surface area (Å²) in [5.41, 5.74) is 7.50. The van der Waals surface area contributed by atoms with E-state index in [1.54, 1.807) is 0 Å². The van der Waals surface area contributed by atoms with Crippen molar-refractivity contribution in [3.63, 3.8) is 0 Å². The molecule has 0 spiro atoms. The standard InChI is InChI=1S/C19H29N3O2/c1-13(22-11-9-14(10-12-22)17(20)23)18(24)21-16-7-5-15(6-8-16)19(2,3)4/h5-8,13-14H,9-12H2,1-4H3,(H2,20,23)(H,21,24). The topological polar surface area (TPSA) is 75.4 Å². The molecule has 1 heterocycles. The van der Waals surface area contributed by atoms with Crippen molar-refractivity contribution in [1.29, 1.82) is 0 Å². The van der Waals surface area contributed by atoms with Crippen LogP contribution in [-0.4, -0.2) is 35.8 Å². The molecule has 3 N–H and O–H groups in total. The number of anilines is 1. The lowest BCUT2D eigenvalue weighted by Gasteiger charge is -2.34. The number of carbonyl (C=O) groups is 2. The van der Waals surface area contributed by atoms with Crippen LogP contribution in [0, 0.1) is 5.92 Å². The van der Waals surface area contributed by atoms with Gasteiger partial charge < -0.3 is 11.1 Å². The number of hydrogen-bond acceptors (Lipinski definition) is 3. The van der Waals surface area contributed by atoms with Gasteiger partial charge in [0.1, 0.15) is 0 Å². The number of hydrogen-bond donors (Lipinski definition) is 2. The molecule has 5 nitrogen and oxygen atoms in total. The number of primary amides is 1. The van der Waals surface area contributed by atoms with Crippen molar-refractivity contribution in [3.05, 3.63) is 29.8 Å². The Morgan fingerprint density at radius 2 is 1.71 bits per heavy atom. The molecule has 5 heteroatoms. The molecule has 1 aliphatic rings. The molecule has 1 aromatic carbocycles. The third-order valence-corrected chi connectivity index (χ3v) is 4.88. The van der Waals surface area contributed by atoms with Crippen LogP contribution in [0.4, 0.5) is 5.69 Å². The van der Waals surface area contributed by atoms with Crippen molar-refractivity contribution in [2.45, 2.75) is 52.0 Å². The first kappa shape index (κ1) is 18.5. The predicted octanol–water partition coefficient (Wildman–Crippen LogP) is 2.51. The minimum absolute atomic E-state index is 0.0176. The van der Waals surface area contributed by atoms with Crippen molar-refractivity contribution in [1.82, 2.24) is 4.90 Å². The van der Waals surface area contributed by atoms with E-state index in [1.165, 1.54) is 5.56 Å². The quantitative estimate of drug-likeness (QED) is 0.890. The van der Waals surface area contributed by atoms with E-state index in [9.17, 15) is 9.59 Å². The van der Waals surface area contributed by atoms with Crippen LogP contribution in [0.15, 0.2) is 24.3 Å². The average molecular weight is 331 g/mol. The van der Waals surface area contributed by atoms with Crippen molar-refractivity contribution in [2.75, 3.05) is 18.4 Å². The lowest BCUT2D eigenvalue weighted by atomic mass is 9.87. The highest BCUT2D eigenvalue weighted by atomic mass is 16.2. The highest BCUT2D eigenvalue weighted by Gasteiger charge is 2.28. The molecule has 2 amide bonds. The second-order valence-electron chi connectivity index (χ2n) is 7.71. The van der Waals surface area contributed by atoms with Gasteiger partial charge in [-0.3, -0.25) is 14.5 Å². The molecule has 1 aromatic rings. The number of benzene rings is 1. The second-order valence-corrected chi connectivity index (χ2v) is 7.71. The molecule has 24 heavy (non-hydrogen) atoms. The van der Waals surface area contributed by atoms with Gasteiger partial charge in [0.25, 0.3) is 0 Å². The average Bonchev–Trinajstić information content (AvgIpc) is 2.54. The molecule has 0 saturated carbocycles. The zero-order valence-corrected chi connectivity index (χ0v) is 15.1. The molecular formula is C19H29N3O2. The smallest absolute Gasteiger partial charge is 0.241 e. The zero-order valence-electron chi connectivity index (χ0n) is 15.1. The van der Waals surface area contributed by atoms with Crippen LogP contribution in [-0.2, 0) is 15.0 Å². The minimum atomic E-state index is -0.231. The normalized spacial score (nSPS) is 18.2. The van der Waals surface area contributed by atoms with Gasteiger partial charge in [0, 0.05) is 11.6 Å². The van der Waals surface area contributed by atoms with Crippen molar-refractivity contribution in [2.24, 2.45) is 11.7 Å². The number of amides is 2. The second kappa shape index (κ2) is 7.34. The molecule has 0 aliphatic carbocycles. The Kier molecular flexibility index (Phi) is 5.65. The third kappa shape index (κ3) is 4.57. The molecule has 1 unspecified atom stereocenters. The fourth-order valence-corrected chi connectivity index (χ4v) is 3.04. The minimum Gasteiger partial charge on any atom is -0.369 e. The molecule has 0 radical (unpaired) electrons.